The van der Waals surface area contributed by atoms with Crippen LogP contribution in [0.1, 0.15) is 0 Å². The zero-order valence-corrected chi connectivity index (χ0v) is 21.7. The number of rotatable bonds is 0. The Balaban J connectivity index is 0. The SMILES string of the molecule is [Cl-].[Cl-].[Hg+2].[Hg+2].[Hg+2].[O-2].[O-2]. The topological polar surface area (TPSA) is 57.0 Å². The molecule has 2 nitrogen and oxygen atoms in total. The summed E-state index contributed by atoms with van der Waals surface area (Å²) in [6.07, 6.45) is 0. The molecular formula is Cl2Hg3O2. The molecule has 0 aromatic rings. The number of hydrogen-bond donors (Lipinski definition) is 0. The van der Waals surface area contributed by atoms with Gasteiger partial charge in [-0.2, -0.15) is 0 Å². The van der Waals surface area contributed by atoms with Gasteiger partial charge in [-0.05, 0) is 0 Å². The van der Waals surface area contributed by atoms with Gasteiger partial charge in [0.2, 0.25) is 0 Å². The molecule has 7 heteroatoms. The van der Waals surface area contributed by atoms with Crippen LogP contribution in [-0.2, 0) is 94.0 Å². The van der Waals surface area contributed by atoms with Gasteiger partial charge in [-0.15, -0.1) is 0 Å². The molecule has 7 heavy (non-hydrogen) atoms. The van der Waals surface area contributed by atoms with E-state index in [1.807, 2.05) is 0 Å². The Bertz CT molecular complexity index is 10.9. The summed E-state index contributed by atoms with van der Waals surface area (Å²) in [5, 5.41) is 0. The average molecular weight is 705 g/mol. The van der Waals surface area contributed by atoms with Gasteiger partial charge in [0, 0.05) is 0 Å². The van der Waals surface area contributed by atoms with Gasteiger partial charge in [0.25, 0.3) is 0 Å². The van der Waals surface area contributed by atoms with Crippen molar-refractivity contribution in [2.75, 3.05) is 0 Å². The smallest absolute Gasteiger partial charge is 2.00 e. The second kappa shape index (κ2) is 58.8. The third kappa shape index (κ3) is 45.5. The van der Waals surface area contributed by atoms with E-state index in [9.17, 15) is 0 Å². The summed E-state index contributed by atoms with van der Waals surface area (Å²) in [5.41, 5.74) is 0. The second-order valence-corrected chi connectivity index (χ2v) is 0. The summed E-state index contributed by atoms with van der Waals surface area (Å²) in [5.74, 6) is 0. The Morgan fingerprint density at radius 3 is 0.429 bits per heavy atom. The minimum absolute atomic E-state index is 0. The van der Waals surface area contributed by atoms with Crippen molar-refractivity contribution >= 4 is 0 Å². The van der Waals surface area contributed by atoms with Crippen LogP contribution in [0.3, 0.4) is 0 Å². The molecule has 0 saturated carbocycles. The molecule has 0 aromatic carbocycles. The average Bonchev–Trinajstić information content (AvgIpc) is 0. The van der Waals surface area contributed by atoms with Crippen molar-refractivity contribution in [1.82, 2.24) is 0 Å². The molecule has 32 valence electrons. The van der Waals surface area contributed by atoms with Gasteiger partial charge in [0.05, 0.1) is 0 Å². The molecule has 0 aliphatic carbocycles. The number of halogens is 2. The molecule has 0 spiro atoms. The van der Waals surface area contributed by atoms with Gasteiger partial charge in [0.1, 0.15) is 0 Å². The van der Waals surface area contributed by atoms with E-state index in [1.54, 1.807) is 0 Å². The molecule has 0 aliphatic heterocycles. The van der Waals surface area contributed by atoms with Gasteiger partial charge in [-0.25, -0.2) is 0 Å². The van der Waals surface area contributed by atoms with Crippen LogP contribution in [0.25, 0.3) is 0 Å². The van der Waals surface area contributed by atoms with E-state index in [-0.39, 0.29) is 119 Å². The summed E-state index contributed by atoms with van der Waals surface area (Å²) in [6, 6.07) is 0. The maximum atomic E-state index is 0. The standard InChI is InChI=1S/2ClH.3Hg.2O/h2*1H;;;;;/q;;3*+2;2*-2/p-2. The van der Waals surface area contributed by atoms with Crippen LogP contribution in [0.15, 0.2) is 0 Å². The quantitative estimate of drug-likeness (QED) is 0.226. The Kier molecular flexibility index (Phi) is 686. The summed E-state index contributed by atoms with van der Waals surface area (Å²) in [4.78, 5) is 0. The van der Waals surface area contributed by atoms with Crippen molar-refractivity contribution in [3.8, 4) is 0 Å². The molecule has 0 atom stereocenters. The fourth-order valence-corrected chi connectivity index (χ4v) is 0. The van der Waals surface area contributed by atoms with Crippen LogP contribution >= 0.6 is 0 Å². The minimum atomic E-state index is 0. The summed E-state index contributed by atoms with van der Waals surface area (Å²) < 4.78 is 0. The molecule has 0 radical (unpaired) electrons. The van der Waals surface area contributed by atoms with Gasteiger partial charge >= 0.3 is 83.0 Å². The van der Waals surface area contributed by atoms with E-state index in [1.165, 1.54) is 0 Å². The summed E-state index contributed by atoms with van der Waals surface area (Å²) in [6.45, 7) is 0. The molecule has 0 heterocycles. The largest absolute Gasteiger partial charge is 2.00 e. The third-order valence-corrected chi connectivity index (χ3v) is 0. The normalized spacial score (nSPS) is 0. The molecule has 0 N–H and O–H groups in total. The van der Waals surface area contributed by atoms with Crippen molar-refractivity contribution in [2.45, 2.75) is 0 Å². The molecule has 0 aliphatic rings. The number of hydrogen-bond acceptors (Lipinski definition) is 0. The van der Waals surface area contributed by atoms with Gasteiger partial charge in [-0.1, -0.05) is 0 Å². The van der Waals surface area contributed by atoms with Gasteiger partial charge in [-0.3, -0.25) is 0 Å². The molecule has 0 unspecified atom stereocenters. The van der Waals surface area contributed by atoms with E-state index >= 15 is 0 Å². The molecule has 0 bridgehead atoms. The first kappa shape index (κ1) is 81.7. The Labute approximate surface area is 117 Å². The zero-order chi connectivity index (χ0) is 0. The van der Waals surface area contributed by atoms with E-state index in [4.69, 9.17) is 0 Å². The molecule has 0 amide bonds. The molecule has 0 fully saturated rings. The van der Waals surface area contributed by atoms with Gasteiger partial charge < -0.3 is 35.8 Å². The van der Waals surface area contributed by atoms with Crippen LogP contribution in [0, 0.1) is 0 Å². The maximum Gasteiger partial charge on any atom is 2.00 e. The van der Waals surface area contributed by atoms with Crippen molar-refractivity contribution in [1.29, 1.82) is 0 Å². The first-order valence-electron chi connectivity index (χ1n) is 0. The van der Waals surface area contributed by atoms with Crippen molar-refractivity contribution in [3.05, 3.63) is 0 Å². The predicted octanol–water partition coefficient (Wildman–Crippen LogP) is -6.24. The van der Waals surface area contributed by atoms with Crippen LogP contribution in [0.4, 0.5) is 0 Å². The van der Waals surface area contributed by atoms with Crippen molar-refractivity contribution in [3.63, 3.8) is 0 Å². The summed E-state index contributed by atoms with van der Waals surface area (Å²) in [7, 11) is 0. The second-order valence-electron chi connectivity index (χ2n) is 0. The van der Waals surface area contributed by atoms with Crippen LogP contribution in [-0.4, -0.2) is 0 Å². The van der Waals surface area contributed by atoms with Crippen molar-refractivity contribution in [2.24, 2.45) is 0 Å². The van der Waals surface area contributed by atoms with Gasteiger partial charge in [0.15, 0.2) is 0 Å². The first-order chi connectivity index (χ1) is 0. The molecule has 0 rings (SSSR count). The molecule has 0 aromatic heterocycles. The van der Waals surface area contributed by atoms with Crippen LogP contribution < -0.4 is 24.8 Å². The predicted molar refractivity (Wildman–Crippen MR) is 1.37 cm³/mol. The van der Waals surface area contributed by atoms with E-state index in [2.05, 4.69) is 0 Å². The Morgan fingerprint density at radius 2 is 0.429 bits per heavy atom. The zero-order valence-electron chi connectivity index (χ0n) is 3.69. The van der Waals surface area contributed by atoms with E-state index in [0.29, 0.717) is 0 Å². The minimum Gasteiger partial charge on any atom is -2.00 e. The Hall–Kier alpha value is 3.31. The fourth-order valence-electron chi connectivity index (χ4n) is 0. The third-order valence-electron chi connectivity index (χ3n) is 0. The Morgan fingerprint density at radius 1 is 0.429 bits per heavy atom. The fraction of sp³-hybridized carbons (Fsp3) is 0. The maximum absolute atomic E-state index is 0. The molecule has 0 saturated heterocycles. The molecular weight excluding hydrogens is 705 g/mol. The van der Waals surface area contributed by atoms with Crippen LogP contribution in [0.2, 0.25) is 0 Å². The van der Waals surface area contributed by atoms with E-state index < -0.39 is 0 Å². The van der Waals surface area contributed by atoms with E-state index in [0.717, 1.165) is 0 Å². The monoisotopic (exact) mass is 708 g/mol. The van der Waals surface area contributed by atoms with Crippen LogP contribution in [0.5, 0.6) is 0 Å². The first-order valence-corrected chi connectivity index (χ1v) is 0. The summed E-state index contributed by atoms with van der Waals surface area (Å²) >= 11 is 0. The van der Waals surface area contributed by atoms with Crippen molar-refractivity contribution < 1.29 is 119 Å².